The Labute approximate surface area is 164 Å². The molecule has 2 aromatic rings. The van der Waals surface area contributed by atoms with Crippen molar-refractivity contribution < 1.29 is 4.58 Å². The van der Waals surface area contributed by atoms with Crippen LogP contribution in [-0.4, -0.2) is 24.0 Å². The highest BCUT2D eigenvalue weighted by atomic mass is 15.3. The standard InChI is InChI=1S/C25H31N2/c1-7-9-22-13-18(3)24(19(4)14-22)26-11-12-27(17-26)25-20(5)15-23(10-8-2)16-21(25)6/h7-10,13-17H,11-12H2,1-6H3/q+1/b9-7+,10-8+. The largest absolute Gasteiger partial charge is 0.244 e. The maximum atomic E-state index is 2.41. The van der Waals surface area contributed by atoms with Gasteiger partial charge in [-0.25, -0.2) is 9.48 Å². The van der Waals surface area contributed by atoms with E-state index in [1.54, 1.807) is 0 Å². The monoisotopic (exact) mass is 359 g/mol. The molecule has 2 heteroatoms. The molecule has 27 heavy (non-hydrogen) atoms. The van der Waals surface area contributed by atoms with Crippen LogP contribution in [0.2, 0.25) is 0 Å². The van der Waals surface area contributed by atoms with Gasteiger partial charge in [-0.1, -0.05) is 24.3 Å². The number of hydrogen-bond donors (Lipinski definition) is 0. The third-order valence-corrected chi connectivity index (χ3v) is 5.18. The van der Waals surface area contributed by atoms with Crippen LogP contribution in [0.1, 0.15) is 47.2 Å². The molecule has 0 aliphatic carbocycles. The molecule has 1 aliphatic rings. The molecule has 0 spiro atoms. The molecular weight excluding hydrogens is 328 g/mol. The predicted molar refractivity (Wildman–Crippen MR) is 119 cm³/mol. The molecular formula is C25H31N2+. The van der Waals surface area contributed by atoms with Gasteiger partial charge in [-0.15, -0.1) is 0 Å². The van der Waals surface area contributed by atoms with E-state index in [4.69, 9.17) is 0 Å². The van der Waals surface area contributed by atoms with Crippen molar-refractivity contribution in [3.63, 3.8) is 0 Å². The first kappa shape index (κ1) is 19.2. The van der Waals surface area contributed by atoms with Crippen molar-refractivity contribution in [3.05, 3.63) is 69.8 Å². The summed E-state index contributed by atoms with van der Waals surface area (Å²) < 4.78 is 2.41. The Hall–Kier alpha value is -2.61. The average molecular weight is 360 g/mol. The van der Waals surface area contributed by atoms with Crippen LogP contribution in [0.3, 0.4) is 0 Å². The number of nitrogens with zero attached hydrogens (tertiary/aromatic N) is 2. The lowest BCUT2D eigenvalue weighted by Gasteiger charge is -2.14. The second kappa shape index (κ2) is 7.96. The molecule has 1 heterocycles. The Balaban J connectivity index is 1.99. The van der Waals surface area contributed by atoms with Crippen LogP contribution in [0.25, 0.3) is 12.2 Å². The number of benzene rings is 2. The summed E-state index contributed by atoms with van der Waals surface area (Å²) in [4.78, 5) is 2.41. The molecule has 0 atom stereocenters. The topological polar surface area (TPSA) is 6.25 Å². The number of hydrogen-bond acceptors (Lipinski definition) is 1. The summed E-state index contributed by atoms with van der Waals surface area (Å²) in [6, 6.07) is 9.12. The molecule has 0 radical (unpaired) electrons. The fourth-order valence-electron chi connectivity index (χ4n) is 4.30. The zero-order valence-corrected chi connectivity index (χ0v) is 17.5. The van der Waals surface area contributed by atoms with E-state index in [-0.39, 0.29) is 0 Å². The summed E-state index contributed by atoms with van der Waals surface area (Å²) in [5.41, 5.74) is 10.6. The summed E-state index contributed by atoms with van der Waals surface area (Å²) in [6.07, 6.45) is 10.8. The van der Waals surface area contributed by atoms with Gasteiger partial charge in [0.1, 0.15) is 24.5 Å². The van der Waals surface area contributed by atoms with Gasteiger partial charge in [0.2, 0.25) is 6.34 Å². The Morgan fingerprint density at radius 3 is 1.74 bits per heavy atom. The second-order valence-electron chi connectivity index (χ2n) is 7.51. The predicted octanol–water partition coefficient (Wildman–Crippen LogP) is 6.18. The van der Waals surface area contributed by atoms with Crippen molar-refractivity contribution in [2.75, 3.05) is 18.0 Å². The number of rotatable bonds is 4. The second-order valence-corrected chi connectivity index (χ2v) is 7.51. The highest BCUT2D eigenvalue weighted by Gasteiger charge is 2.27. The minimum Gasteiger partial charge on any atom is -0.229 e. The van der Waals surface area contributed by atoms with Crippen LogP contribution in [0, 0.1) is 27.7 Å². The fourth-order valence-corrected chi connectivity index (χ4v) is 4.30. The SMILES string of the molecule is C/C=C/c1cc(C)c(N2C=[N+](c3c(C)cc(/C=C/C)cc3C)CC2)c(C)c1. The molecule has 140 valence electrons. The molecule has 0 N–H and O–H groups in total. The van der Waals surface area contributed by atoms with E-state index in [0.717, 1.165) is 13.1 Å². The van der Waals surface area contributed by atoms with Gasteiger partial charge in [0, 0.05) is 0 Å². The van der Waals surface area contributed by atoms with E-state index in [0.29, 0.717) is 0 Å². The third-order valence-electron chi connectivity index (χ3n) is 5.18. The fraction of sp³-hybridized carbons (Fsp3) is 0.320. The molecule has 0 saturated carbocycles. The summed E-state index contributed by atoms with van der Waals surface area (Å²) in [5, 5.41) is 0. The van der Waals surface area contributed by atoms with E-state index in [1.165, 1.54) is 44.8 Å². The van der Waals surface area contributed by atoms with E-state index >= 15 is 0 Å². The van der Waals surface area contributed by atoms with Gasteiger partial charge in [0.15, 0.2) is 0 Å². The smallest absolute Gasteiger partial charge is 0.229 e. The molecule has 0 aromatic heterocycles. The quantitative estimate of drug-likeness (QED) is 0.591. The molecule has 1 aliphatic heterocycles. The minimum atomic E-state index is 1.01. The summed E-state index contributed by atoms with van der Waals surface area (Å²) in [6.45, 7) is 15.0. The molecule has 2 aromatic carbocycles. The van der Waals surface area contributed by atoms with Gasteiger partial charge in [-0.3, -0.25) is 0 Å². The number of anilines is 1. The van der Waals surface area contributed by atoms with Crippen molar-refractivity contribution in [2.45, 2.75) is 41.5 Å². The average Bonchev–Trinajstić information content (AvgIpc) is 3.03. The van der Waals surface area contributed by atoms with E-state index in [9.17, 15) is 0 Å². The Bertz CT molecular complexity index is 899. The van der Waals surface area contributed by atoms with Crippen LogP contribution in [0.4, 0.5) is 11.4 Å². The lowest BCUT2D eigenvalue weighted by molar-refractivity contribution is -0.425. The van der Waals surface area contributed by atoms with E-state index in [1.807, 2.05) is 0 Å². The van der Waals surface area contributed by atoms with Crippen molar-refractivity contribution in [3.8, 4) is 0 Å². The summed E-state index contributed by atoms with van der Waals surface area (Å²) in [5.74, 6) is 0. The lowest BCUT2D eigenvalue weighted by atomic mass is 10.0. The Kier molecular flexibility index (Phi) is 5.65. The van der Waals surface area contributed by atoms with Crippen LogP contribution in [-0.2, 0) is 0 Å². The van der Waals surface area contributed by atoms with E-state index in [2.05, 4.69) is 106 Å². The maximum Gasteiger partial charge on any atom is 0.244 e. The van der Waals surface area contributed by atoms with Crippen molar-refractivity contribution in [2.24, 2.45) is 0 Å². The Morgan fingerprint density at radius 2 is 1.26 bits per heavy atom. The maximum absolute atomic E-state index is 2.41. The molecule has 0 unspecified atom stereocenters. The van der Waals surface area contributed by atoms with Crippen LogP contribution in [0.5, 0.6) is 0 Å². The molecule has 2 nitrogen and oxygen atoms in total. The van der Waals surface area contributed by atoms with Gasteiger partial charge < -0.3 is 0 Å². The lowest BCUT2D eigenvalue weighted by Crippen LogP contribution is -2.20. The number of aryl methyl sites for hydroxylation is 4. The molecule has 0 amide bonds. The highest BCUT2D eigenvalue weighted by molar-refractivity contribution is 5.82. The van der Waals surface area contributed by atoms with Crippen molar-refractivity contribution in [1.29, 1.82) is 0 Å². The Morgan fingerprint density at radius 1 is 0.778 bits per heavy atom. The summed E-state index contributed by atoms with van der Waals surface area (Å²) >= 11 is 0. The van der Waals surface area contributed by atoms with Crippen molar-refractivity contribution in [1.82, 2.24) is 0 Å². The van der Waals surface area contributed by atoms with Gasteiger partial charge in [-0.05, 0) is 99.2 Å². The van der Waals surface area contributed by atoms with Crippen LogP contribution >= 0.6 is 0 Å². The van der Waals surface area contributed by atoms with Crippen LogP contribution in [0.15, 0.2) is 36.4 Å². The first-order chi connectivity index (χ1) is 12.9. The first-order valence-electron chi connectivity index (χ1n) is 9.80. The number of allylic oxidation sites excluding steroid dienone is 2. The third kappa shape index (κ3) is 3.90. The van der Waals surface area contributed by atoms with Gasteiger partial charge in [-0.2, -0.15) is 0 Å². The molecule has 0 saturated heterocycles. The molecule has 3 rings (SSSR count). The summed E-state index contributed by atoms with van der Waals surface area (Å²) in [7, 11) is 0. The van der Waals surface area contributed by atoms with Crippen LogP contribution < -0.4 is 4.90 Å². The normalized spacial score (nSPS) is 14.6. The minimum absolute atomic E-state index is 1.01. The van der Waals surface area contributed by atoms with E-state index < -0.39 is 0 Å². The van der Waals surface area contributed by atoms with Gasteiger partial charge in [0.05, 0.1) is 0 Å². The van der Waals surface area contributed by atoms with Gasteiger partial charge >= 0.3 is 0 Å². The first-order valence-corrected chi connectivity index (χ1v) is 9.80. The highest BCUT2D eigenvalue weighted by Crippen LogP contribution is 2.31. The molecule has 0 bridgehead atoms. The zero-order valence-electron chi connectivity index (χ0n) is 17.5. The van der Waals surface area contributed by atoms with Gasteiger partial charge in [0.25, 0.3) is 0 Å². The van der Waals surface area contributed by atoms with Crippen molar-refractivity contribution >= 4 is 29.9 Å². The zero-order chi connectivity index (χ0) is 19.6. The molecule has 0 fully saturated rings.